The molecular weight excluding hydrogens is 301 g/mol. The maximum atomic E-state index is 13.4. The lowest BCUT2D eigenvalue weighted by molar-refractivity contribution is 0.628. The predicted molar refractivity (Wildman–Crippen MR) is 86.4 cm³/mol. The van der Waals surface area contributed by atoms with Gasteiger partial charge < -0.3 is 4.57 Å². The van der Waals surface area contributed by atoms with Crippen molar-refractivity contribution in [3.63, 3.8) is 0 Å². The van der Waals surface area contributed by atoms with Gasteiger partial charge in [0, 0.05) is 35.8 Å². The van der Waals surface area contributed by atoms with E-state index in [1.54, 1.807) is 12.1 Å². The van der Waals surface area contributed by atoms with Gasteiger partial charge in [0.25, 0.3) is 0 Å². The molecule has 0 aliphatic heterocycles. The van der Waals surface area contributed by atoms with Gasteiger partial charge in [0.05, 0.1) is 16.1 Å². The largest absolute Gasteiger partial charge is 0.350 e. The van der Waals surface area contributed by atoms with E-state index in [4.69, 9.17) is 11.6 Å². The molecule has 0 unspecified atom stereocenters. The number of nitrogens with zero attached hydrogens (tertiary/aromatic N) is 3. The molecule has 0 aliphatic rings. The molecule has 0 amide bonds. The fourth-order valence-corrected chi connectivity index (χ4v) is 3.01. The summed E-state index contributed by atoms with van der Waals surface area (Å²) in [7, 11) is 1.98. The molecule has 0 spiro atoms. The second kappa shape index (κ2) is 4.78. The van der Waals surface area contributed by atoms with Gasteiger partial charge >= 0.3 is 0 Å². The van der Waals surface area contributed by atoms with Crippen molar-refractivity contribution in [1.29, 1.82) is 0 Å². The molecule has 2 heterocycles. The molecule has 0 aliphatic carbocycles. The second-order valence-electron chi connectivity index (χ2n) is 5.20. The molecule has 4 aromatic rings. The third kappa shape index (κ3) is 1.88. The molecule has 0 bridgehead atoms. The van der Waals surface area contributed by atoms with Gasteiger partial charge in [-0.3, -0.25) is 0 Å². The number of fused-ring (bicyclic) bond motifs is 3. The Bertz CT molecular complexity index is 1020. The van der Waals surface area contributed by atoms with Gasteiger partial charge in [-0.1, -0.05) is 17.7 Å². The van der Waals surface area contributed by atoms with Crippen LogP contribution < -0.4 is 0 Å². The molecule has 2 aromatic heterocycles. The van der Waals surface area contributed by atoms with E-state index in [0.717, 1.165) is 32.9 Å². The highest BCUT2D eigenvalue weighted by Gasteiger charge is 2.13. The van der Waals surface area contributed by atoms with Crippen LogP contribution in [0, 0.1) is 5.82 Å². The van der Waals surface area contributed by atoms with E-state index in [1.165, 1.54) is 12.4 Å². The molecule has 108 valence electrons. The highest BCUT2D eigenvalue weighted by molar-refractivity contribution is 6.31. The maximum absolute atomic E-state index is 13.4. The van der Waals surface area contributed by atoms with E-state index < -0.39 is 5.82 Å². The molecule has 0 N–H and O–H groups in total. The predicted octanol–water partition coefficient (Wildman–Crippen LogP) is 4.58. The number of halogens is 2. The van der Waals surface area contributed by atoms with Crippen LogP contribution in [-0.4, -0.2) is 14.5 Å². The molecule has 4 rings (SSSR count). The summed E-state index contributed by atoms with van der Waals surface area (Å²) in [5.74, 6) is -0.420. The molecule has 2 aromatic carbocycles. The summed E-state index contributed by atoms with van der Waals surface area (Å²) in [4.78, 5) is 8.45. The van der Waals surface area contributed by atoms with Crippen molar-refractivity contribution in [1.82, 2.24) is 14.5 Å². The smallest absolute Gasteiger partial charge is 0.141 e. The van der Waals surface area contributed by atoms with Crippen LogP contribution in [0.2, 0.25) is 5.02 Å². The third-order valence-electron chi connectivity index (χ3n) is 3.87. The van der Waals surface area contributed by atoms with E-state index in [1.807, 2.05) is 36.1 Å². The number of benzene rings is 2. The molecule has 22 heavy (non-hydrogen) atoms. The zero-order valence-corrected chi connectivity index (χ0v) is 12.5. The fourth-order valence-electron chi connectivity index (χ4n) is 2.83. The monoisotopic (exact) mass is 311 g/mol. The van der Waals surface area contributed by atoms with Gasteiger partial charge in [-0.2, -0.15) is 0 Å². The van der Waals surface area contributed by atoms with Gasteiger partial charge in [0.15, 0.2) is 0 Å². The Labute approximate surface area is 131 Å². The van der Waals surface area contributed by atoms with Gasteiger partial charge in [0.2, 0.25) is 0 Å². The zero-order valence-electron chi connectivity index (χ0n) is 11.7. The summed E-state index contributed by atoms with van der Waals surface area (Å²) in [6, 6.07) is 8.79. The van der Waals surface area contributed by atoms with Gasteiger partial charge in [-0.15, -0.1) is 0 Å². The van der Waals surface area contributed by atoms with E-state index in [-0.39, 0.29) is 5.02 Å². The van der Waals surface area contributed by atoms with Gasteiger partial charge in [0.1, 0.15) is 12.1 Å². The Morgan fingerprint density at radius 2 is 2.00 bits per heavy atom. The highest BCUT2D eigenvalue weighted by atomic mass is 35.5. The van der Waals surface area contributed by atoms with Crippen molar-refractivity contribution in [2.24, 2.45) is 7.05 Å². The zero-order chi connectivity index (χ0) is 15.3. The van der Waals surface area contributed by atoms with Crippen molar-refractivity contribution in [3.05, 3.63) is 59.9 Å². The molecule has 0 saturated heterocycles. The summed E-state index contributed by atoms with van der Waals surface area (Å²) < 4.78 is 15.5. The lowest BCUT2D eigenvalue weighted by atomic mass is 10.0. The molecule has 5 heteroatoms. The molecular formula is C17H11ClFN3. The van der Waals surface area contributed by atoms with E-state index in [2.05, 4.69) is 9.97 Å². The minimum atomic E-state index is -0.420. The first-order valence-electron chi connectivity index (χ1n) is 6.78. The van der Waals surface area contributed by atoms with E-state index in [0.29, 0.717) is 0 Å². The first kappa shape index (κ1) is 13.2. The van der Waals surface area contributed by atoms with E-state index in [9.17, 15) is 4.39 Å². The molecule has 0 atom stereocenters. The van der Waals surface area contributed by atoms with Crippen LogP contribution in [0.3, 0.4) is 0 Å². The van der Waals surface area contributed by atoms with E-state index >= 15 is 0 Å². The Balaban J connectivity index is 2.14. The minimum absolute atomic E-state index is 0.114. The van der Waals surface area contributed by atoms with Gasteiger partial charge in [-0.05, 0) is 29.8 Å². The van der Waals surface area contributed by atoms with Crippen molar-refractivity contribution in [2.45, 2.75) is 0 Å². The van der Waals surface area contributed by atoms with Crippen LogP contribution in [0.5, 0.6) is 0 Å². The van der Waals surface area contributed by atoms with Crippen molar-refractivity contribution < 1.29 is 4.39 Å². The topological polar surface area (TPSA) is 30.7 Å². The lowest BCUT2D eigenvalue weighted by Gasteiger charge is -2.10. The second-order valence-corrected chi connectivity index (χ2v) is 5.60. The first-order valence-corrected chi connectivity index (χ1v) is 7.16. The van der Waals surface area contributed by atoms with Crippen molar-refractivity contribution >= 4 is 33.4 Å². The Kier molecular flexibility index (Phi) is 2.87. The number of aromatic nitrogens is 3. The van der Waals surface area contributed by atoms with Gasteiger partial charge in [-0.25, -0.2) is 14.4 Å². The fraction of sp³-hybridized carbons (Fsp3) is 0.0588. The SMILES string of the molecule is Cn1ccc2c3cncnc3cc(-c3ccc(F)c(Cl)c3)c21. The van der Waals surface area contributed by atoms with Crippen LogP contribution in [0.15, 0.2) is 49.1 Å². The Morgan fingerprint density at radius 1 is 1.14 bits per heavy atom. The molecule has 0 saturated carbocycles. The van der Waals surface area contributed by atoms with Crippen LogP contribution >= 0.6 is 11.6 Å². The first-order chi connectivity index (χ1) is 10.6. The summed E-state index contributed by atoms with van der Waals surface area (Å²) in [5.41, 5.74) is 3.73. The summed E-state index contributed by atoms with van der Waals surface area (Å²) in [5, 5.41) is 2.17. The number of hydrogen-bond donors (Lipinski definition) is 0. The summed E-state index contributed by atoms with van der Waals surface area (Å²) in [6.07, 6.45) is 5.33. The quantitative estimate of drug-likeness (QED) is 0.515. The molecule has 3 nitrogen and oxygen atoms in total. The highest BCUT2D eigenvalue weighted by Crippen LogP contribution is 2.35. The number of aryl methyl sites for hydroxylation is 1. The van der Waals surface area contributed by atoms with Crippen LogP contribution in [0.4, 0.5) is 4.39 Å². The summed E-state index contributed by atoms with van der Waals surface area (Å²) in [6.45, 7) is 0. The Hall–Kier alpha value is -2.46. The van der Waals surface area contributed by atoms with Crippen molar-refractivity contribution in [2.75, 3.05) is 0 Å². The summed E-state index contributed by atoms with van der Waals surface area (Å²) >= 11 is 5.94. The van der Waals surface area contributed by atoms with Crippen LogP contribution in [0.25, 0.3) is 32.9 Å². The molecule has 0 radical (unpaired) electrons. The van der Waals surface area contributed by atoms with Crippen LogP contribution in [0.1, 0.15) is 0 Å². The van der Waals surface area contributed by atoms with Crippen LogP contribution in [-0.2, 0) is 7.05 Å². The standard InChI is InChI=1S/C17H11ClFN3/c1-22-5-4-11-13-8-20-9-21-16(13)7-12(17(11)22)10-2-3-15(19)14(18)6-10/h2-9H,1H3. The minimum Gasteiger partial charge on any atom is -0.350 e. The normalized spacial score (nSPS) is 11.4. The number of hydrogen-bond acceptors (Lipinski definition) is 2. The number of rotatable bonds is 1. The third-order valence-corrected chi connectivity index (χ3v) is 4.16. The average molecular weight is 312 g/mol. The maximum Gasteiger partial charge on any atom is 0.141 e. The molecule has 0 fully saturated rings. The van der Waals surface area contributed by atoms with Crippen molar-refractivity contribution in [3.8, 4) is 11.1 Å². The lowest BCUT2D eigenvalue weighted by Crippen LogP contribution is -1.92. The average Bonchev–Trinajstić information content (AvgIpc) is 2.92. The Morgan fingerprint density at radius 3 is 2.82 bits per heavy atom.